The largest absolute Gasteiger partial charge is 0.313 e. The first-order valence-electron chi connectivity index (χ1n) is 6.78. The van der Waals surface area contributed by atoms with Crippen LogP contribution in [-0.2, 0) is 13.0 Å². The summed E-state index contributed by atoms with van der Waals surface area (Å²) < 4.78 is 2.00. The molecule has 0 fully saturated rings. The van der Waals surface area contributed by atoms with Crippen LogP contribution in [0.25, 0.3) is 5.69 Å². The number of halogens is 1. The molecule has 3 nitrogen and oxygen atoms in total. The predicted octanol–water partition coefficient (Wildman–Crippen LogP) is 3.59. The Hall–Kier alpha value is -1.32. The van der Waals surface area contributed by atoms with Gasteiger partial charge in [-0.2, -0.15) is 5.10 Å². The summed E-state index contributed by atoms with van der Waals surface area (Å²) in [4.78, 5) is 0. The van der Waals surface area contributed by atoms with E-state index in [1.165, 1.54) is 11.3 Å². The van der Waals surface area contributed by atoms with Crippen molar-refractivity contribution in [2.75, 3.05) is 6.54 Å². The first-order valence-corrected chi connectivity index (χ1v) is 7.16. The summed E-state index contributed by atoms with van der Waals surface area (Å²) in [6, 6.07) is 7.79. The van der Waals surface area contributed by atoms with Crippen LogP contribution in [0.3, 0.4) is 0 Å². The molecule has 0 aliphatic heterocycles. The monoisotopic (exact) mass is 277 g/mol. The van der Waals surface area contributed by atoms with Crippen LogP contribution in [0.4, 0.5) is 0 Å². The predicted molar refractivity (Wildman–Crippen MR) is 79.9 cm³/mol. The van der Waals surface area contributed by atoms with Crippen LogP contribution < -0.4 is 5.32 Å². The molecule has 1 aromatic heterocycles. The molecular weight excluding hydrogens is 258 g/mol. The van der Waals surface area contributed by atoms with Crippen molar-refractivity contribution in [2.24, 2.45) is 0 Å². The van der Waals surface area contributed by atoms with Crippen molar-refractivity contribution >= 4 is 11.6 Å². The zero-order valence-corrected chi connectivity index (χ0v) is 12.2. The molecule has 0 atom stereocenters. The SMILES string of the molecule is CCCNCc1cnn(-c2ccc(Cl)cc2)c1CC. The van der Waals surface area contributed by atoms with E-state index in [4.69, 9.17) is 11.6 Å². The van der Waals surface area contributed by atoms with E-state index in [0.717, 1.165) is 36.6 Å². The van der Waals surface area contributed by atoms with Gasteiger partial charge in [0.2, 0.25) is 0 Å². The Labute approximate surface area is 119 Å². The fourth-order valence-electron chi connectivity index (χ4n) is 2.14. The van der Waals surface area contributed by atoms with E-state index < -0.39 is 0 Å². The molecule has 0 bridgehead atoms. The van der Waals surface area contributed by atoms with Gasteiger partial charge in [-0.05, 0) is 43.7 Å². The van der Waals surface area contributed by atoms with Crippen molar-refractivity contribution in [1.82, 2.24) is 15.1 Å². The van der Waals surface area contributed by atoms with E-state index in [1.807, 2.05) is 35.1 Å². The molecule has 1 N–H and O–H groups in total. The van der Waals surface area contributed by atoms with Crippen LogP contribution in [0.15, 0.2) is 30.5 Å². The van der Waals surface area contributed by atoms with Crippen LogP contribution in [-0.4, -0.2) is 16.3 Å². The molecule has 0 radical (unpaired) electrons. The number of nitrogens with one attached hydrogen (secondary N) is 1. The number of aromatic nitrogens is 2. The molecule has 2 aromatic rings. The van der Waals surface area contributed by atoms with Gasteiger partial charge >= 0.3 is 0 Å². The summed E-state index contributed by atoms with van der Waals surface area (Å²) >= 11 is 5.92. The molecule has 0 spiro atoms. The van der Waals surface area contributed by atoms with E-state index in [-0.39, 0.29) is 0 Å². The first kappa shape index (κ1) is 14.1. The zero-order valence-electron chi connectivity index (χ0n) is 11.5. The van der Waals surface area contributed by atoms with Gasteiger partial charge in [0.25, 0.3) is 0 Å². The minimum Gasteiger partial charge on any atom is -0.313 e. The molecule has 1 aromatic carbocycles. The summed E-state index contributed by atoms with van der Waals surface area (Å²) in [5.74, 6) is 0. The third-order valence-electron chi connectivity index (χ3n) is 3.10. The van der Waals surface area contributed by atoms with Gasteiger partial charge in [-0.1, -0.05) is 25.4 Å². The van der Waals surface area contributed by atoms with Crippen molar-refractivity contribution in [3.8, 4) is 5.69 Å². The van der Waals surface area contributed by atoms with Crippen LogP contribution in [0.5, 0.6) is 0 Å². The van der Waals surface area contributed by atoms with Crippen LogP contribution in [0, 0.1) is 0 Å². The molecule has 0 saturated heterocycles. The molecular formula is C15H20ClN3. The summed E-state index contributed by atoms with van der Waals surface area (Å²) in [6.07, 6.45) is 4.06. The Balaban J connectivity index is 2.23. The average molecular weight is 278 g/mol. The Kier molecular flexibility index (Phi) is 5.00. The molecule has 0 unspecified atom stereocenters. The van der Waals surface area contributed by atoms with Crippen molar-refractivity contribution in [1.29, 1.82) is 0 Å². The lowest BCUT2D eigenvalue weighted by Crippen LogP contribution is -2.15. The number of benzene rings is 1. The molecule has 1 heterocycles. The third-order valence-corrected chi connectivity index (χ3v) is 3.36. The maximum absolute atomic E-state index is 5.92. The molecule has 0 saturated carbocycles. The first-order chi connectivity index (χ1) is 9.26. The van der Waals surface area contributed by atoms with Gasteiger partial charge in [-0.3, -0.25) is 0 Å². The summed E-state index contributed by atoms with van der Waals surface area (Å²) in [5, 5.41) is 8.67. The maximum atomic E-state index is 5.92. The fraction of sp³-hybridized carbons (Fsp3) is 0.400. The summed E-state index contributed by atoms with van der Waals surface area (Å²) in [5.41, 5.74) is 3.58. The third kappa shape index (κ3) is 3.37. The molecule has 0 amide bonds. The molecule has 0 aliphatic rings. The fourth-order valence-corrected chi connectivity index (χ4v) is 2.26. The Morgan fingerprint density at radius 3 is 2.58 bits per heavy atom. The minimum atomic E-state index is 0.749. The van der Waals surface area contributed by atoms with Gasteiger partial charge < -0.3 is 5.32 Å². The highest BCUT2D eigenvalue weighted by atomic mass is 35.5. The molecule has 4 heteroatoms. The summed E-state index contributed by atoms with van der Waals surface area (Å²) in [7, 11) is 0. The lowest BCUT2D eigenvalue weighted by Gasteiger charge is -2.08. The minimum absolute atomic E-state index is 0.749. The highest BCUT2D eigenvalue weighted by Gasteiger charge is 2.10. The van der Waals surface area contributed by atoms with Gasteiger partial charge in [-0.25, -0.2) is 4.68 Å². The molecule has 2 rings (SSSR count). The Morgan fingerprint density at radius 1 is 1.21 bits per heavy atom. The van der Waals surface area contributed by atoms with E-state index in [2.05, 4.69) is 24.3 Å². The zero-order chi connectivity index (χ0) is 13.7. The Bertz CT molecular complexity index is 517. The lowest BCUT2D eigenvalue weighted by atomic mass is 10.2. The number of hydrogen-bond donors (Lipinski definition) is 1. The second-order valence-corrected chi connectivity index (χ2v) is 4.97. The topological polar surface area (TPSA) is 29.9 Å². The van der Waals surface area contributed by atoms with E-state index >= 15 is 0 Å². The Morgan fingerprint density at radius 2 is 1.95 bits per heavy atom. The maximum Gasteiger partial charge on any atom is 0.0649 e. The van der Waals surface area contributed by atoms with Crippen LogP contribution in [0.2, 0.25) is 5.02 Å². The van der Waals surface area contributed by atoms with E-state index in [9.17, 15) is 0 Å². The van der Waals surface area contributed by atoms with Gasteiger partial charge in [-0.15, -0.1) is 0 Å². The summed E-state index contributed by atoms with van der Waals surface area (Å²) in [6.45, 7) is 6.25. The van der Waals surface area contributed by atoms with Crippen molar-refractivity contribution in [2.45, 2.75) is 33.2 Å². The lowest BCUT2D eigenvalue weighted by molar-refractivity contribution is 0.669. The number of nitrogens with zero attached hydrogens (tertiary/aromatic N) is 2. The normalized spacial score (nSPS) is 10.9. The number of rotatable bonds is 6. The van der Waals surface area contributed by atoms with Crippen molar-refractivity contribution in [3.05, 3.63) is 46.7 Å². The highest BCUT2D eigenvalue weighted by molar-refractivity contribution is 6.30. The molecule has 19 heavy (non-hydrogen) atoms. The average Bonchev–Trinajstić information content (AvgIpc) is 2.83. The van der Waals surface area contributed by atoms with E-state index in [0.29, 0.717) is 0 Å². The van der Waals surface area contributed by atoms with Gasteiger partial charge in [0.1, 0.15) is 0 Å². The van der Waals surface area contributed by atoms with Gasteiger partial charge in [0.15, 0.2) is 0 Å². The van der Waals surface area contributed by atoms with Gasteiger partial charge in [0, 0.05) is 22.8 Å². The van der Waals surface area contributed by atoms with Crippen LogP contribution in [0.1, 0.15) is 31.5 Å². The molecule has 102 valence electrons. The smallest absolute Gasteiger partial charge is 0.0649 e. The quantitative estimate of drug-likeness (QED) is 0.818. The van der Waals surface area contributed by atoms with Gasteiger partial charge in [0.05, 0.1) is 11.9 Å². The van der Waals surface area contributed by atoms with E-state index in [1.54, 1.807) is 0 Å². The highest BCUT2D eigenvalue weighted by Crippen LogP contribution is 2.18. The second-order valence-electron chi connectivity index (χ2n) is 4.54. The number of hydrogen-bond acceptors (Lipinski definition) is 2. The standard InChI is InChI=1S/C15H20ClN3/c1-3-9-17-10-12-11-18-19(15(12)4-2)14-7-5-13(16)6-8-14/h5-8,11,17H,3-4,9-10H2,1-2H3. The second kappa shape index (κ2) is 6.73. The van der Waals surface area contributed by atoms with Crippen LogP contribution >= 0.6 is 11.6 Å². The van der Waals surface area contributed by atoms with Crippen molar-refractivity contribution < 1.29 is 0 Å². The molecule has 0 aliphatic carbocycles. The van der Waals surface area contributed by atoms with Crippen molar-refractivity contribution in [3.63, 3.8) is 0 Å².